The number of carbonyl (C=O) groups is 1. The lowest BCUT2D eigenvalue weighted by Crippen LogP contribution is -2.37. The molecule has 0 aliphatic carbocycles. The van der Waals surface area contributed by atoms with Crippen LogP contribution in [-0.2, 0) is 24.3 Å². The molecule has 0 unspecified atom stereocenters. The van der Waals surface area contributed by atoms with Gasteiger partial charge in [0.25, 0.3) is 0 Å². The quantitative estimate of drug-likeness (QED) is 0.582. The van der Waals surface area contributed by atoms with Crippen molar-refractivity contribution in [2.45, 2.75) is 32.4 Å². The molecule has 0 radical (unpaired) electrons. The number of rotatable bonds is 7. The number of hydrogen-bond acceptors (Lipinski definition) is 3. The molecule has 1 aromatic carbocycles. The Balaban J connectivity index is 1.46. The standard InChI is InChI=1S/C21H27N5O/c1-22-21(24-12-10-19-8-2-3-11-23-19)25-15-17-6-4-7-18(14-17)16-26-13-5-9-20(26)27/h2-4,6-8,11,14H,5,9-10,12-13,15-16H2,1H3,(H2,22,24,25). The van der Waals surface area contributed by atoms with E-state index in [-0.39, 0.29) is 5.91 Å². The van der Waals surface area contributed by atoms with Crippen LogP contribution in [0.5, 0.6) is 0 Å². The predicted molar refractivity (Wildman–Crippen MR) is 107 cm³/mol. The minimum absolute atomic E-state index is 0.260. The summed E-state index contributed by atoms with van der Waals surface area (Å²) in [6, 6.07) is 14.3. The highest BCUT2D eigenvalue weighted by molar-refractivity contribution is 5.79. The summed E-state index contributed by atoms with van der Waals surface area (Å²) in [4.78, 5) is 22.3. The predicted octanol–water partition coefficient (Wildman–Crippen LogP) is 2.11. The summed E-state index contributed by atoms with van der Waals surface area (Å²) >= 11 is 0. The van der Waals surface area contributed by atoms with Crippen molar-refractivity contribution in [2.75, 3.05) is 20.1 Å². The number of guanidine groups is 1. The Bertz CT molecular complexity index is 775. The number of likely N-dealkylation sites (tertiary alicyclic amines) is 1. The van der Waals surface area contributed by atoms with E-state index in [1.807, 2.05) is 35.4 Å². The van der Waals surface area contributed by atoms with Crippen LogP contribution in [-0.4, -0.2) is 41.9 Å². The molecule has 0 atom stereocenters. The third-order valence-electron chi connectivity index (χ3n) is 4.62. The van der Waals surface area contributed by atoms with E-state index in [0.717, 1.165) is 37.6 Å². The number of aliphatic imine (C=N–C) groups is 1. The molecule has 1 aliphatic rings. The molecule has 6 heteroatoms. The van der Waals surface area contributed by atoms with E-state index in [4.69, 9.17) is 0 Å². The fraction of sp³-hybridized carbons (Fsp3) is 0.381. The van der Waals surface area contributed by atoms with Gasteiger partial charge in [0.15, 0.2) is 5.96 Å². The molecule has 1 aliphatic heterocycles. The smallest absolute Gasteiger partial charge is 0.222 e. The molecule has 142 valence electrons. The number of nitrogens with one attached hydrogen (secondary N) is 2. The topological polar surface area (TPSA) is 69.6 Å². The fourth-order valence-electron chi connectivity index (χ4n) is 3.19. The second-order valence-corrected chi connectivity index (χ2v) is 6.66. The van der Waals surface area contributed by atoms with Gasteiger partial charge in [0, 0.05) is 58.0 Å². The van der Waals surface area contributed by atoms with Crippen LogP contribution in [0.3, 0.4) is 0 Å². The van der Waals surface area contributed by atoms with E-state index in [2.05, 4.69) is 38.8 Å². The summed E-state index contributed by atoms with van der Waals surface area (Å²) < 4.78 is 0. The highest BCUT2D eigenvalue weighted by Gasteiger charge is 2.19. The average molecular weight is 365 g/mol. The summed E-state index contributed by atoms with van der Waals surface area (Å²) in [5.41, 5.74) is 3.40. The zero-order valence-corrected chi connectivity index (χ0v) is 15.8. The van der Waals surface area contributed by atoms with Gasteiger partial charge in [-0.1, -0.05) is 30.3 Å². The molecule has 1 fully saturated rings. The number of aromatic nitrogens is 1. The van der Waals surface area contributed by atoms with Crippen molar-refractivity contribution < 1.29 is 4.79 Å². The molecule has 1 aromatic heterocycles. The van der Waals surface area contributed by atoms with Crippen LogP contribution >= 0.6 is 0 Å². The zero-order valence-electron chi connectivity index (χ0n) is 15.8. The van der Waals surface area contributed by atoms with E-state index < -0.39 is 0 Å². The molecular formula is C21H27N5O. The number of carbonyl (C=O) groups excluding carboxylic acids is 1. The maximum absolute atomic E-state index is 11.8. The molecule has 0 saturated carbocycles. The molecule has 1 saturated heterocycles. The van der Waals surface area contributed by atoms with Crippen LogP contribution in [0.25, 0.3) is 0 Å². The van der Waals surface area contributed by atoms with Crippen molar-refractivity contribution in [3.8, 4) is 0 Å². The van der Waals surface area contributed by atoms with Gasteiger partial charge in [0.05, 0.1) is 0 Å². The minimum atomic E-state index is 0.260. The normalized spacial score (nSPS) is 14.5. The summed E-state index contributed by atoms with van der Waals surface area (Å²) in [5.74, 6) is 1.03. The van der Waals surface area contributed by atoms with Gasteiger partial charge < -0.3 is 15.5 Å². The molecule has 0 spiro atoms. The van der Waals surface area contributed by atoms with E-state index in [1.54, 1.807) is 7.05 Å². The Morgan fingerprint density at radius 2 is 2.07 bits per heavy atom. The number of nitrogens with zero attached hydrogens (tertiary/aromatic N) is 3. The SMILES string of the molecule is CN=C(NCCc1ccccn1)NCc1cccc(CN2CCCC2=O)c1. The third kappa shape index (κ3) is 5.81. The molecule has 2 N–H and O–H groups in total. The first-order chi connectivity index (χ1) is 13.2. The third-order valence-corrected chi connectivity index (χ3v) is 4.62. The molecule has 0 bridgehead atoms. The van der Waals surface area contributed by atoms with E-state index >= 15 is 0 Å². The Kier molecular flexibility index (Phi) is 6.79. The van der Waals surface area contributed by atoms with E-state index in [0.29, 0.717) is 19.5 Å². The highest BCUT2D eigenvalue weighted by atomic mass is 16.2. The molecule has 6 nitrogen and oxygen atoms in total. The van der Waals surface area contributed by atoms with Gasteiger partial charge in [-0.05, 0) is 29.7 Å². The lowest BCUT2D eigenvalue weighted by Gasteiger charge is -2.16. The van der Waals surface area contributed by atoms with Gasteiger partial charge in [-0.15, -0.1) is 0 Å². The first-order valence-electron chi connectivity index (χ1n) is 9.44. The monoisotopic (exact) mass is 365 g/mol. The Labute approximate surface area is 160 Å². The Morgan fingerprint density at radius 1 is 1.19 bits per heavy atom. The van der Waals surface area contributed by atoms with Crippen LogP contribution < -0.4 is 10.6 Å². The maximum Gasteiger partial charge on any atom is 0.222 e. The minimum Gasteiger partial charge on any atom is -0.356 e. The van der Waals surface area contributed by atoms with Crippen molar-refractivity contribution in [3.05, 3.63) is 65.5 Å². The van der Waals surface area contributed by atoms with Gasteiger partial charge in [0.2, 0.25) is 5.91 Å². The molecule has 3 rings (SSSR count). The van der Waals surface area contributed by atoms with Gasteiger partial charge in [-0.25, -0.2) is 0 Å². The second-order valence-electron chi connectivity index (χ2n) is 6.66. The van der Waals surface area contributed by atoms with Gasteiger partial charge >= 0.3 is 0 Å². The largest absolute Gasteiger partial charge is 0.356 e. The number of pyridine rings is 1. The van der Waals surface area contributed by atoms with Crippen LogP contribution in [0, 0.1) is 0 Å². The first kappa shape index (κ1) is 18.9. The Hall–Kier alpha value is -2.89. The first-order valence-corrected chi connectivity index (χ1v) is 9.44. The van der Waals surface area contributed by atoms with Gasteiger partial charge in [-0.3, -0.25) is 14.8 Å². The van der Waals surface area contributed by atoms with Crippen molar-refractivity contribution in [3.63, 3.8) is 0 Å². The summed E-state index contributed by atoms with van der Waals surface area (Å²) in [7, 11) is 1.77. The highest BCUT2D eigenvalue weighted by Crippen LogP contribution is 2.15. The van der Waals surface area contributed by atoms with Crippen molar-refractivity contribution in [1.29, 1.82) is 0 Å². The number of benzene rings is 1. The van der Waals surface area contributed by atoms with E-state index in [9.17, 15) is 4.79 Å². The van der Waals surface area contributed by atoms with Crippen LogP contribution in [0.4, 0.5) is 0 Å². The summed E-state index contributed by atoms with van der Waals surface area (Å²) in [6.07, 6.45) is 4.31. The number of amides is 1. The summed E-state index contributed by atoms with van der Waals surface area (Å²) in [6.45, 7) is 3.02. The van der Waals surface area contributed by atoms with E-state index in [1.165, 1.54) is 11.1 Å². The molecule has 2 heterocycles. The lowest BCUT2D eigenvalue weighted by molar-refractivity contribution is -0.128. The van der Waals surface area contributed by atoms with Crippen LogP contribution in [0.15, 0.2) is 53.7 Å². The summed E-state index contributed by atoms with van der Waals surface area (Å²) in [5, 5.41) is 6.65. The van der Waals surface area contributed by atoms with Crippen LogP contribution in [0.1, 0.15) is 29.7 Å². The number of hydrogen-bond donors (Lipinski definition) is 2. The zero-order chi connectivity index (χ0) is 18.9. The van der Waals surface area contributed by atoms with Crippen molar-refractivity contribution in [2.24, 2.45) is 4.99 Å². The fourth-order valence-corrected chi connectivity index (χ4v) is 3.19. The van der Waals surface area contributed by atoms with Crippen molar-refractivity contribution >= 4 is 11.9 Å². The molecule has 2 aromatic rings. The Morgan fingerprint density at radius 3 is 2.81 bits per heavy atom. The lowest BCUT2D eigenvalue weighted by atomic mass is 10.1. The van der Waals surface area contributed by atoms with Gasteiger partial charge in [-0.2, -0.15) is 0 Å². The average Bonchev–Trinajstić information content (AvgIpc) is 3.10. The van der Waals surface area contributed by atoms with Crippen LogP contribution in [0.2, 0.25) is 0 Å². The van der Waals surface area contributed by atoms with Gasteiger partial charge in [0.1, 0.15) is 0 Å². The molecule has 1 amide bonds. The molecular weight excluding hydrogens is 338 g/mol. The maximum atomic E-state index is 11.8. The second kappa shape index (κ2) is 9.71. The van der Waals surface area contributed by atoms with Crippen molar-refractivity contribution in [1.82, 2.24) is 20.5 Å². The molecule has 27 heavy (non-hydrogen) atoms.